The van der Waals surface area contributed by atoms with Crippen LogP contribution in [-0.2, 0) is 19.6 Å². The summed E-state index contributed by atoms with van der Waals surface area (Å²) in [5.74, 6) is -0.333. The molecule has 11 heteroatoms. The lowest BCUT2D eigenvalue weighted by molar-refractivity contribution is -0.142. The topological polar surface area (TPSA) is 160 Å². The number of nitrogens with two attached hydrogens (primary N) is 2. The van der Waals surface area contributed by atoms with Gasteiger partial charge in [0, 0.05) is 19.6 Å². The Morgan fingerprint density at radius 3 is 2.60 bits per heavy atom. The summed E-state index contributed by atoms with van der Waals surface area (Å²) in [6.07, 6.45) is 2.71. The second-order valence-corrected chi connectivity index (χ2v) is 10.6. The number of carbonyl (C=O) groups is 2. The minimum absolute atomic E-state index is 0.0376. The Kier molecular flexibility index (Phi) is 9.05. The van der Waals surface area contributed by atoms with Gasteiger partial charge in [-0.3, -0.25) is 14.6 Å². The molecule has 1 saturated heterocycles. The second kappa shape index (κ2) is 12.0. The Balaban J connectivity index is 1.58. The molecule has 10 nitrogen and oxygen atoms in total. The zero-order valence-electron chi connectivity index (χ0n) is 19.9. The van der Waals surface area contributed by atoms with Gasteiger partial charge in [-0.2, -0.15) is 0 Å². The zero-order chi connectivity index (χ0) is 25.4. The van der Waals surface area contributed by atoms with Crippen molar-refractivity contribution in [2.24, 2.45) is 22.4 Å². The Morgan fingerprint density at radius 1 is 1.11 bits per heavy atom. The highest BCUT2D eigenvalue weighted by Gasteiger charge is 2.35. The number of fused-ring (bicyclic) bond motifs is 1. The molecular formula is C24H34N6O4S. The van der Waals surface area contributed by atoms with Crippen LogP contribution >= 0.6 is 0 Å². The van der Waals surface area contributed by atoms with Gasteiger partial charge in [-0.05, 0) is 54.5 Å². The molecule has 0 aromatic heterocycles. The van der Waals surface area contributed by atoms with E-state index in [2.05, 4.69) is 15.0 Å². The van der Waals surface area contributed by atoms with Gasteiger partial charge < -0.3 is 21.7 Å². The number of hydrogen-bond donors (Lipinski definition) is 4. The van der Waals surface area contributed by atoms with E-state index in [0.29, 0.717) is 32.5 Å². The molecule has 0 radical (unpaired) electrons. The maximum Gasteiger partial charge on any atom is 0.242 e. The number of piperidine rings is 1. The number of amides is 2. The van der Waals surface area contributed by atoms with Gasteiger partial charge in [0.25, 0.3) is 0 Å². The molecule has 2 aromatic rings. The number of nitrogens with zero attached hydrogens (tertiary/aromatic N) is 2. The van der Waals surface area contributed by atoms with Gasteiger partial charge in [-0.15, -0.1) is 0 Å². The number of unbranched alkanes of at least 4 members (excludes halogenated alkanes) is 1. The first-order valence-corrected chi connectivity index (χ1v) is 13.3. The number of sulfonamides is 1. The number of aliphatic imine (C=N–C) groups is 1. The van der Waals surface area contributed by atoms with Crippen LogP contribution < -0.4 is 21.5 Å². The summed E-state index contributed by atoms with van der Waals surface area (Å²) < 4.78 is 28.0. The molecule has 2 amide bonds. The molecule has 0 bridgehead atoms. The lowest BCUT2D eigenvalue weighted by Gasteiger charge is -2.37. The molecule has 1 fully saturated rings. The molecule has 3 rings (SSSR count). The highest BCUT2D eigenvalue weighted by Crippen LogP contribution is 2.23. The van der Waals surface area contributed by atoms with Gasteiger partial charge in [0.15, 0.2) is 5.96 Å². The summed E-state index contributed by atoms with van der Waals surface area (Å²) in [7, 11) is -3.89. The van der Waals surface area contributed by atoms with Crippen LogP contribution in [0.4, 0.5) is 0 Å². The van der Waals surface area contributed by atoms with E-state index in [0.717, 1.165) is 23.6 Å². The maximum absolute atomic E-state index is 13.0. The Hall–Kier alpha value is -3.18. The second-order valence-electron chi connectivity index (χ2n) is 8.87. The third-order valence-corrected chi connectivity index (χ3v) is 7.51. The summed E-state index contributed by atoms with van der Waals surface area (Å²) >= 11 is 0. The summed E-state index contributed by atoms with van der Waals surface area (Å²) in [4.78, 5) is 31.3. The van der Waals surface area contributed by atoms with Crippen LogP contribution in [0.5, 0.6) is 0 Å². The number of likely N-dealkylation sites (tertiary alicyclic amines) is 1. The number of hydrogen-bond acceptors (Lipinski definition) is 5. The SMILES string of the molecule is CC1CCN(C(=O)CNS(=O)(=O)c2ccc3ccccc3c2)[C@@H](C(=O)NCCCCN=C(N)N)C1. The number of benzene rings is 2. The largest absolute Gasteiger partial charge is 0.370 e. The van der Waals surface area contributed by atoms with E-state index in [1.54, 1.807) is 12.1 Å². The number of guanidine groups is 1. The van der Waals surface area contributed by atoms with Gasteiger partial charge in [0.2, 0.25) is 21.8 Å². The normalized spacial score (nSPS) is 18.3. The fourth-order valence-electron chi connectivity index (χ4n) is 4.14. The summed E-state index contributed by atoms with van der Waals surface area (Å²) in [5.41, 5.74) is 10.6. The first-order chi connectivity index (χ1) is 16.7. The molecule has 6 N–H and O–H groups in total. The van der Waals surface area contributed by atoms with E-state index < -0.39 is 28.5 Å². The lowest BCUT2D eigenvalue weighted by Crippen LogP contribution is -2.55. The molecule has 0 spiro atoms. The van der Waals surface area contributed by atoms with E-state index in [1.165, 1.54) is 11.0 Å². The average molecular weight is 503 g/mol. The van der Waals surface area contributed by atoms with Gasteiger partial charge in [-0.25, -0.2) is 13.1 Å². The molecule has 190 valence electrons. The van der Waals surface area contributed by atoms with Crippen molar-refractivity contribution in [2.45, 2.75) is 43.5 Å². The molecule has 1 aliphatic heterocycles. The highest BCUT2D eigenvalue weighted by molar-refractivity contribution is 7.89. The highest BCUT2D eigenvalue weighted by atomic mass is 32.2. The van der Waals surface area contributed by atoms with E-state index >= 15 is 0 Å². The number of rotatable bonds is 10. The molecule has 1 heterocycles. The van der Waals surface area contributed by atoms with Crippen LogP contribution in [0.3, 0.4) is 0 Å². The monoisotopic (exact) mass is 502 g/mol. The first-order valence-electron chi connectivity index (χ1n) is 11.8. The fourth-order valence-corrected chi connectivity index (χ4v) is 5.15. The van der Waals surface area contributed by atoms with Crippen LogP contribution in [0, 0.1) is 5.92 Å². The van der Waals surface area contributed by atoms with Gasteiger partial charge in [0.1, 0.15) is 6.04 Å². The van der Waals surface area contributed by atoms with Crippen molar-refractivity contribution >= 4 is 38.6 Å². The predicted molar refractivity (Wildman–Crippen MR) is 136 cm³/mol. The van der Waals surface area contributed by atoms with Crippen LogP contribution in [-0.4, -0.2) is 63.3 Å². The number of carbonyl (C=O) groups excluding carboxylic acids is 2. The van der Waals surface area contributed by atoms with Crippen molar-refractivity contribution in [1.29, 1.82) is 0 Å². The van der Waals surface area contributed by atoms with Crippen LogP contribution in [0.25, 0.3) is 10.8 Å². The summed E-state index contributed by atoms with van der Waals surface area (Å²) in [6, 6.07) is 11.6. The minimum atomic E-state index is -3.89. The van der Waals surface area contributed by atoms with E-state index in [9.17, 15) is 18.0 Å². The standard InChI is InChI=1S/C24H34N6O4S/c1-17-10-13-30(21(14-17)23(32)27-11-4-5-12-28-24(25)26)22(31)16-29-35(33,34)20-9-8-18-6-2-3-7-19(18)15-20/h2-3,6-9,15,17,21,29H,4-5,10-14,16H2,1H3,(H,27,32)(H4,25,26,28)/t17?,21-/m1/s1. The maximum atomic E-state index is 13.0. The van der Waals surface area contributed by atoms with Gasteiger partial charge in [0.05, 0.1) is 11.4 Å². The Bertz CT molecular complexity index is 1180. The van der Waals surface area contributed by atoms with Gasteiger partial charge in [-0.1, -0.05) is 37.3 Å². The van der Waals surface area contributed by atoms with Crippen molar-refractivity contribution in [2.75, 3.05) is 26.2 Å². The molecule has 0 aliphatic carbocycles. The van der Waals surface area contributed by atoms with Gasteiger partial charge >= 0.3 is 0 Å². The zero-order valence-corrected chi connectivity index (χ0v) is 20.8. The molecule has 1 unspecified atom stereocenters. The third kappa shape index (κ3) is 7.40. The van der Waals surface area contributed by atoms with Crippen molar-refractivity contribution < 1.29 is 18.0 Å². The summed E-state index contributed by atoms with van der Waals surface area (Å²) in [6.45, 7) is 2.97. The Morgan fingerprint density at radius 2 is 1.86 bits per heavy atom. The molecule has 0 saturated carbocycles. The molecule has 2 aromatic carbocycles. The van der Waals surface area contributed by atoms with E-state index in [4.69, 9.17) is 11.5 Å². The fraction of sp³-hybridized carbons (Fsp3) is 0.458. The molecular weight excluding hydrogens is 468 g/mol. The van der Waals surface area contributed by atoms with Crippen LogP contribution in [0.15, 0.2) is 52.4 Å². The Labute approximate surface area is 206 Å². The van der Waals surface area contributed by atoms with Crippen molar-refractivity contribution in [3.63, 3.8) is 0 Å². The first kappa shape index (κ1) is 26.4. The van der Waals surface area contributed by atoms with Crippen LogP contribution in [0.2, 0.25) is 0 Å². The third-order valence-electron chi connectivity index (χ3n) is 6.11. The van der Waals surface area contributed by atoms with Crippen molar-refractivity contribution in [1.82, 2.24) is 14.9 Å². The van der Waals surface area contributed by atoms with Crippen LogP contribution in [0.1, 0.15) is 32.6 Å². The molecule has 2 atom stereocenters. The predicted octanol–water partition coefficient (Wildman–Crippen LogP) is 0.915. The summed E-state index contributed by atoms with van der Waals surface area (Å²) in [5, 5.41) is 4.60. The number of nitrogens with one attached hydrogen (secondary N) is 2. The lowest BCUT2D eigenvalue weighted by atomic mass is 9.91. The molecule has 1 aliphatic rings. The van der Waals surface area contributed by atoms with E-state index in [-0.39, 0.29) is 22.7 Å². The average Bonchev–Trinajstić information content (AvgIpc) is 2.84. The smallest absolute Gasteiger partial charge is 0.242 e. The van der Waals surface area contributed by atoms with Crippen molar-refractivity contribution in [3.05, 3.63) is 42.5 Å². The molecule has 35 heavy (non-hydrogen) atoms. The van der Waals surface area contributed by atoms with Crippen molar-refractivity contribution in [3.8, 4) is 0 Å². The quantitative estimate of drug-likeness (QED) is 0.215. The minimum Gasteiger partial charge on any atom is -0.370 e. The van der Waals surface area contributed by atoms with E-state index in [1.807, 2.05) is 31.2 Å².